The van der Waals surface area contributed by atoms with Crippen LogP contribution in [0.15, 0.2) is 29.0 Å². The van der Waals surface area contributed by atoms with E-state index < -0.39 is 0 Å². The van der Waals surface area contributed by atoms with Crippen molar-refractivity contribution in [2.24, 2.45) is 5.41 Å². The lowest BCUT2D eigenvalue weighted by Gasteiger charge is -2.40. The van der Waals surface area contributed by atoms with Crippen molar-refractivity contribution in [2.75, 3.05) is 13.2 Å². The number of ether oxygens (including phenoxy) is 1. The standard InChI is InChI=1S/C22H37NO/c1-18(2)10-9-11-19(3)14-15-22(4,5)21-23(16-17-24-21)20-12-7-6-8-13-20/h10,15,20-21H,6-9,11-13,16-17H2,1-5H3. The molecule has 0 aromatic carbocycles. The van der Waals surface area contributed by atoms with E-state index in [0.29, 0.717) is 0 Å². The molecule has 2 heteroatoms. The van der Waals surface area contributed by atoms with Crippen molar-refractivity contribution in [3.8, 4) is 0 Å². The predicted molar refractivity (Wildman–Crippen MR) is 103 cm³/mol. The van der Waals surface area contributed by atoms with E-state index in [9.17, 15) is 0 Å². The Morgan fingerprint density at radius 1 is 1.17 bits per heavy atom. The molecule has 136 valence electrons. The van der Waals surface area contributed by atoms with Crippen LogP contribution < -0.4 is 0 Å². The van der Waals surface area contributed by atoms with Gasteiger partial charge < -0.3 is 4.74 Å². The van der Waals surface area contributed by atoms with Crippen LogP contribution in [0.2, 0.25) is 0 Å². The lowest BCUT2D eigenvalue weighted by Crippen LogP contribution is -2.47. The molecule has 1 heterocycles. The molecule has 2 aliphatic rings. The van der Waals surface area contributed by atoms with Crippen molar-refractivity contribution in [2.45, 2.75) is 91.8 Å². The monoisotopic (exact) mass is 331 g/mol. The minimum atomic E-state index is 0.00567. The fourth-order valence-electron chi connectivity index (χ4n) is 3.94. The first-order valence-electron chi connectivity index (χ1n) is 9.84. The molecule has 1 unspecified atom stereocenters. The first-order valence-corrected chi connectivity index (χ1v) is 9.84. The van der Waals surface area contributed by atoms with Crippen molar-refractivity contribution in [3.05, 3.63) is 29.0 Å². The Morgan fingerprint density at radius 3 is 2.54 bits per heavy atom. The third-order valence-electron chi connectivity index (χ3n) is 5.37. The van der Waals surface area contributed by atoms with Crippen LogP contribution in [0.1, 0.15) is 79.6 Å². The maximum atomic E-state index is 6.16. The third kappa shape index (κ3) is 5.62. The molecule has 0 amide bonds. The number of nitrogens with zero attached hydrogens (tertiary/aromatic N) is 1. The molecule has 0 N–H and O–H groups in total. The Morgan fingerprint density at radius 2 is 1.88 bits per heavy atom. The minimum absolute atomic E-state index is 0.00567. The number of rotatable bonds is 6. The Bertz CT molecular complexity index is 486. The second kappa shape index (κ2) is 9.04. The molecule has 0 aromatic heterocycles. The number of hydrogen-bond donors (Lipinski definition) is 0. The van der Waals surface area contributed by atoms with Crippen LogP contribution in [0.4, 0.5) is 0 Å². The summed E-state index contributed by atoms with van der Waals surface area (Å²) in [6.45, 7) is 13.1. The molecule has 24 heavy (non-hydrogen) atoms. The highest BCUT2D eigenvalue weighted by Crippen LogP contribution is 2.35. The van der Waals surface area contributed by atoms with Crippen LogP contribution in [0.25, 0.3) is 0 Å². The van der Waals surface area contributed by atoms with Gasteiger partial charge in [0.25, 0.3) is 0 Å². The lowest BCUT2D eigenvalue weighted by molar-refractivity contribution is -0.0548. The van der Waals surface area contributed by atoms with Gasteiger partial charge in [-0.05, 0) is 58.1 Å². The van der Waals surface area contributed by atoms with Gasteiger partial charge in [-0.15, -0.1) is 5.73 Å². The fraction of sp³-hybridized carbons (Fsp3) is 0.773. The maximum absolute atomic E-state index is 6.16. The summed E-state index contributed by atoms with van der Waals surface area (Å²) in [4.78, 5) is 2.63. The topological polar surface area (TPSA) is 12.5 Å². The third-order valence-corrected chi connectivity index (χ3v) is 5.37. The molecule has 1 atom stereocenters. The molecule has 1 aliphatic carbocycles. The summed E-state index contributed by atoms with van der Waals surface area (Å²) in [6.07, 6.45) is 13.8. The maximum Gasteiger partial charge on any atom is 0.120 e. The van der Waals surface area contributed by atoms with Gasteiger partial charge in [-0.25, -0.2) is 0 Å². The van der Waals surface area contributed by atoms with Crippen molar-refractivity contribution in [1.82, 2.24) is 4.90 Å². The Hall–Kier alpha value is -0.820. The Balaban J connectivity index is 2.01. The highest BCUT2D eigenvalue weighted by Gasteiger charge is 2.40. The summed E-state index contributed by atoms with van der Waals surface area (Å²) in [6, 6.07) is 0.724. The molecule has 2 fully saturated rings. The van der Waals surface area contributed by atoms with E-state index in [0.717, 1.165) is 32.0 Å². The van der Waals surface area contributed by atoms with Crippen molar-refractivity contribution in [3.63, 3.8) is 0 Å². The zero-order valence-electron chi connectivity index (χ0n) is 16.5. The lowest BCUT2D eigenvalue weighted by atomic mass is 9.87. The Labute approximate surface area is 149 Å². The average Bonchev–Trinajstić information content (AvgIpc) is 3.04. The zero-order valence-corrected chi connectivity index (χ0v) is 16.5. The van der Waals surface area contributed by atoms with Gasteiger partial charge in [-0.3, -0.25) is 4.90 Å². The summed E-state index contributed by atoms with van der Waals surface area (Å²) in [7, 11) is 0. The first kappa shape index (κ1) is 19.5. The van der Waals surface area contributed by atoms with Crippen LogP contribution in [0, 0.1) is 5.41 Å². The summed E-state index contributed by atoms with van der Waals surface area (Å²) in [5.41, 5.74) is 6.29. The van der Waals surface area contributed by atoms with Crippen LogP contribution in [0.5, 0.6) is 0 Å². The number of hydrogen-bond acceptors (Lipinski definition) is 2. The van der Waals surface area contributed by atoms with E-state index >= 15 is 0 Å². The van der Waals surface area contributed by atoms with Crippen LogP contribution in [-0.2, 0) is 4.74 Å². The van der Waals surface area contributed by atoms with Gasteiger partial charge in [0.2, 0.25) is 0 Å². The van der Waals surface area contributed by atoms with Gasteiger partial charge in [-0.2, -0.15) is 0 Å². The Kier molecular flexibility index (Phi) is 7.34. The summed E-state index contributed by atoms with van der Waals surface area (Å²) in [5.74, 6) is 0. The second-order valence-corrected chi connectivity index (χ2v) is 8.46. The molecule has 1 saturated heterocycles. The van der Waals surface area contributed by atoms with Crippen LogP contribution in [-0.4, -0.2) is 30.3 Å². The number of allylic oxidation sites excluding steroid dienone is 2. The molecule has 1 saturated carbocycles. The molecule has 0 aromatic rings. The van der Waals surface area contributed by atoms with Gasteiger partial charge in [0.05, 0.1) is 6.61 Å². The molecule has 0 bridgehead atoms. The second-order valence-electron chi connectivity index (χ2n) is 8.46. The van der Waals surface area contributed by atoms with Gasteiger partial charge in [0.15, 0.2) is 0 Å². The van der Waals surface area contributed by atoms with E-state index in [1.165, 1.54) is 43.3 Å². The molecule has 0 spiro atoms. The fourth-order valence-corrected chi connectivity index (χ4v) is 3.94. The molecule has 0 radical (unpaired) electrons. The highest BCUT2D eigenvalue weighted by molar-refractivity contribution is 5.07. The van der Waals surface area contributed by atoms with E-state index in [4.69, 9.17) is 4.74 Å². The molecular weight excluding hydrogens is 294 g/mol. The van der Waals surface area contributed by atoms with Crippen molar-refractivity contribution < 1.29 is 4.74 Å². The quantitative estimate of drug-likeness (QED) is 0.447. The van der Waals surface area contributed by atoms with Gasteiger partial charge >= 0.3 is 0 Å². The zero-order chi connectivity index (χ0) is 17.6. The van der Waals surface area contributed by atoms with E-state index in [1.54, 1.807) is 0 Å². The molecule has 1 aliphatic heterocycles. The largest absolute Gasteiger partial charge is 0.361 e. The minimum Gasteiger partial charge on any atom is -0.361 e. The summed E-state index contributed by atoms with van der Waals surface area (Å²) >= 11 is 0. The predicted octanol–water partition coefficient (Wildman–Crippen LogP) is 5.85. The van der Waals surface area contributed by atoms with Gasteiger partial charge in [0, 0.05) is 18.0 Å². The van der Waals surface area contributed by atoms with E-state index in [-0.39, 0.29) is 11.6 Å². The van der Waals surface area contributed by atoms with Gasteiger partial charge in [-0.1, -0.05) is 44.8 Å². The van der Waals surface area contributed by atoms with E-state index in [1.807, 2.05) is 0 Å². The van der Waals surface area contributed by atoms with Crippen molar-refractivity contribution in [1.29, 1.82) is 0 Å². The summed E-state index contributed by atoms with van der Waals surface area (Å²) < 4.78 is 6.16. The average molecular weight is 332 g/mol. The highest BCUT2D eigenvalue weighted by atomic mass is 16.5. The SMILES string of the molecule is CC(=C=CC(C)(C)C1OCCN1C1CCCCC1)CCC=C(C)C. The summed E-state index contributed by atoms with van der Waals surface area (Å²) in [5, 5.41) is 0. The molecule has 2 nitrogen and oxygen atoms in total. The molecule has 2 rings (SSSR count). The van der Waals surface area contributed by atoms with Crippen LogP contribution in [0.3, 0.4) is 0 Å². The van der Waals surface area contributed by atoms with E-state index in [2.05, 4.69) is 57.4 Å². The molecular formula is C22H37NO. The first-order chi connectivity index (χ1) is 11.4. The smallest absolute Gasteiger partial charge is 0.120 e. The van der Waals surface area contributed by atoms with Crippen LogP contribution >= 0.6 is 0 Å². The van der Waals surface area contributed by atoms with Crippen molar-refractivity contribution >= 4 is 0 Å². The normalized spacial score (nSPS) is 23.0. The van der Waals surface area contributed by atoms with Gasteiger partial charge in [0.1, 0.15) is 6.23 Å².